The van der Waals surface area contributed by atoms with Crippen LogP contribution in [-0.4, -0.2) is 18.1 Å². The summed E-state index contributed by atoms with van der Waals surface area (Å²) in [5.74, 6) is 3.56. The van der Waals surface area contributed by atoms with Crippen molar-refractivity contribution in [1.29, 1.82) is 0 Å². The molecule has 1 aromatic carbocycles. The fourth-order valence-corrected chi connectivity index (χ4v) is 3.43. The van der Waals surface area contributed by atoms with Crippen LogP contribution in [0.4, 0.5) is 0 Å². The summed E-state index contributed by atoms with van der Waals surface area (Å²) in [6.07, 6.45) is 5.86. The van der Waals surface area contributed by atoms with Crippen molar-refractivity contribution in [3.63, 3.8) is 0 Å². The maximum Gasteiger partial charge on any atom is 0.0876 e. The average molecular weight is 262 g/mol. The molecule has 2 heteroatoms. The molecule has 1 saturated heterocycles. The third-order valence-corrected chi connectivity index (χ3v) is 4.52. The number of allylic oxidation sites excluding steroid dienone is 1. The lowest BCUT2D eigenvalue weighted by molar-refractivity contribution is 0.218. The second kappa shape index (κ2) is 7.52. The van der Waals surface area contributed by atoms with E-state index in [4.69, 9.17) is 4.74 Å². The summed E-state index contributed by atoms with van der Waals surface area (Å²) >= 11 is 2.09. The lowest BCUT2D eigenvalue weighted by Gasteiger charge is -2.20. The quantitative estimate of drug-likeness (QED) is 0.566. The summed E-state index contributed by atoms with van der Waals surface area (Å²) in [6.45, 7) is 2.96. The van der Waals surface area contributed by atoms with Crippen molar-refractivity contribution in [1.82, 2.24) is 0 Å². The normalized spacial score (nSPS) is 17.7. The van der Waals surface area contributed by atoms with Crippen molar-refractivity contribution in [2.24, 2.45) is 5.92 Å². The van der Waals surface area contributed by atoms with Crippen LogP contribution in [0.25, 0.3) is 5.57 Å². The first-order chi connectivity index (χ1) is 8.86. The first kappa shape index (κ1) is 13.5. The Morgan fingerprint density at radius 2 is 2.00 bits per heavy atom. The van der Waals surface area contributed by atoms with E-state index in [0.717, 1.165) is 12.5 Å². The molecule has 0 amide bonds. The molecule has 1 fully saturated rings. The highest BCUT2D eigenvalue weighted by Crippen LogP contribution is 2.25. The molecular formula is C16H22OS. The molecule has 98 valence electrons. The number of hydrogen-bond acceptors (Lipinski definition) is 2. The van der Waals surface area contributed by atoms with Crippen LogP contribution in [0.1, 0.15) is 31.7 Å². The van der Waals surface area contributed by atoms with Crippen LogP contribution in [0.15, 0.2) is 36.6 Å². The molecule has 0 spiro atoms. The predicted octanol–water partition coefficient (Wildman–Crippen LogP) is 4.60. The van der Waals surface area contributed by atoms with E-state index in [-0.39, 0.29) is 0 Å². The molecule has 0 N–H and O–H groups in total. The van der Waals surface area contributed by atoms with Crippen molar-refractivity contribution in [3.05, 3.63) is 42.2 Å². The molecular weight excluding hydrogens is 240 g/mol. The zero-order valence-electron chi connectivity index (χ0n) is 11.1. The summed E-state index contributed by atoms with van der Waals surface area (Å²) < 4.78 is 5.68. The number of benzene rings is 1. The van der Waals surface area contributed by atoms with Gasteiger partial charge in [0.25, 0.3) is 0 Å². The summed E-state index contributed by atoms with van der Waals surface area (Å²) in [7, 11) is 0. The molecule has 1 aliphatic rings. The van der Waals surface area contributed by atoms with Gasteiger partial charge in [-0.2, -0.15) is 11.8 Å². The second-order valence-corrected chi connectivity index (χ2v) is 6.11. The van der Waals surface area contributed by atoms with Gasteiger partial charge >= 0.3 is 0 Å². The molecule has 0 aliphatic carbocycles. The SMILES string of the molecule is C/C(=C/OCCC1CCSCC1)c1ccccc1. The standard InChI is InChI=1S/C16H22OS/c1-14(16-5-3-2-4-6-16)13-17-10-7-15-8-11-18-12-9-15/h2-6,13,15H,7-12H2,1H3/b14-13-. The van der Waals surface area contributed by atoms with Crippen molar-refractivity contribution < 1.29 is 4.74 Å². The highest BCUT2D eigenvalue weighted by Gasteiger charge is 2.12. The van der Waals surface area contributed by atoms with Crippen LogP contribution < -0.4 is 0 Å². The number of thioether (sulfide) groups is 1. The van der Waals surface area contributed by atoms with Crippen LogP contribution in [0.5, 0.6) is 0 Å². The first-order valence-electron chi connectivity index (χ1n) is 6.78. The molecule has 0 unspecified atom stereocenters. The van der Waals surface area contributed by atoms with E-state index < -0.39 is 0 Å². The Kier molecular flexibility index (Phi) is 5.66. The van der Waals surface area contributed by atoms with E-state index in [1.165, 1.54) is 41.9 Å². The molecule has 0 saturated carbocycles. The molecule has 1 nitrogen and oxygen atoms in total. The smallest absolute Gasteiger partial charge is 0.0876 e. The summed E-state index contributed by atoms with van der Waals surface area (Å²) in [5, 5.41) is 0. The van der Waals surface area contributed by atoms with Gasteiger partial charge in [-0.1, -0.05) is 30.3 Å². The summed E-state index contributed by atoms with van der Waals surface area (Å²) in [6, 6.07) is 10.4. The van der Waals surface area contributed by atoms with Gasteiger partial charge in [0, 0.05) is 0 Å². The molecule has 0 bridgehead atoms. The highest BCUT2D eigenvalue weighted by molar-refractivity contribution is 7.99. The Hall–Kier alpha value is -0.890. The largest absolute Gasteiger partial charge is 0.501 e. The van der Waals surface area contributed by atoms with Crippen LogP contribution in [-0.2, 0) is 4.74 Å². The van der Waals surface area contributed by atoms with Gasteiger partial charge in [0.2, 0.25) is 0 Å². The zero-order valence-corrected chi connectivity index (χ0v) is 11.9. The van der Waals surface area contributed by atoms with Crippen LogP contribution in [0.3, 0.4) is 0 Å². The molecule has 1 aromatic rings. The van der Waals surface area contributed by atoms with Crippen molar-refractivity contribution >= 4 is 17.3 Å². The molecule has 0 radical (unpaired) electrons. The van der Waals surface area contributed by atoms with Crippen LogP contribution in [0.2, 0.25) is 0 Å². The van der Waals surface area contributed by atoms with Gasteiger partial charge in [0.1, 0.15) is 0 Å². The van der Waals surface area contributed by atoms with E-state index in [0.29, 0.717) is 0 Å². The fourth-order valence-electron chi connectivity index (χ4n) is 2.22. The number of rotatable bonds is 5. The second-order valence-electron chi connectivity index (χ2n) is 4.88. The Balaban J connectivity index is 1.70. The Labute approximate surface area is 115 Å². The summed E-state index contributed by atoms with van der Waals surface area (Å²) in [5.41, 5.74) is 2.45. The fraction of sp³-hybridized carbons (Fsp3) is 0.500. The third kappa shape index (κ3) is 4.41. The first-order valence-corrected chi connectivity index (χ1v) is 7.93. The van der Waals surface area contributed by atoms with Crippen LogP contribution in [0, 0.1) is 5.92 Å². The molecule has 2 rings (SSSR count). The van der Waals surface area contributed by atoms with Gasteiger partial charge in [-0.25, -0.2) is 0 Å². The van der Waals surface area contributed by atoms with Crippen molar-refractivity contribution in [2.45, 2.75) is 26.2 Å². The molecule has 1 heterocycles. The van der Waals surface area contributed by atoms with E-state index in [9.17, 15) is 0 Å². The third-order valence-electron chi connectivity index (χ3n) is 3.47. The van der Waals surface area contributed by atoms with E-state index in [1.54, 1.807) is 0 Å². The minimum Gasteiger partial charge on any atom is -0.501 e. The van der Waals surface area contributed by atoms with E-state index in [2.05, 4.69) is 43.0 Å². The highest BCUT2D eigenvalue weighted by atomic mass is 32.2. The zero-order chi connectivity index (χ0) is 12.6. The topological polar surface area (TPSA) is 9.23 Å². The Morgan fingerprint density at radius 1 is 1.28 bits per heavy atom. The Morgan fingerprint density at radius 3 is 2.72 bits per heavy atom. The van der Waals surface area contributed by atoms with Gasteiger partial charge < -0.3 is 4.74 Å². The Bertz CT molecular complexity index is 366. The van der Waals surface area contributed by atoms with Crippen LogP contribution >= 0.6 is 11.8 Å². The minimum absolute atomic E-state index is 0.861. The summed E-state index contributed by atoms with van der Waals surface area (Å²) in [4.78, 5) is 0. The molecule has 18 heavy (non-hydrogen) atoms. The number of ether oxygens (including phenoxy) is 1. The van der Waals surface area contributed by atoms with Gasteiger partial charge in [-0.15, -0.1) is 0 Å². The maximum atomic E-state index is 5.68. The van der Waals surface area contributed by atoms with Crippen molar-refractivity contribution in [3.8, 4) is 0 Å². The van der Waals surface area contributed by atoms with E-state index >= 15 is 0 Å². The van der Waals surface area contributed by atoms with E-state index in [1.807, 2.05) is 12.3 Å². The van der Waals surface area contributed by atoms with Gasteiger partial charge in [-0.05, 0) is 54.7 Å². The molecule has 0 aromatic heterocycles. The van der Waals surface area contributed by atoms with Gasteiger partial charge in [-0.3, -0.25) is 0 Å². The number of hydrogen-bond donors (Lipinski definition) is 0. The van der Waals surface area contributed by atoms with Gasteiger partial charge in [0.05, 0.1) is 12.9 Å². The molecule has 1 aliphatic heterocycles. The molecule has 0 atom stereocenters. The average Bonchev–Trinajstić information content (AvgIpc) is 2.45. The minimum atomic E-state index is 0.861. The lowest BCUT2D eigenvalue weighted by atomic mass is 10.00. The van der Waals surface area contributed by atoms with Gasteiger partial charge in [0.15, 0.2) is 0 Å². The lowest BCUT2D eigenvalue weighted by Crippen LogP contribution is -2.11. The predicted molar refractivity (Wildman–Crippen MR) is 80.7 cm³/mol. The monoisotopic (exact) mass is 262 g/mol. The maximum absolute atomic E-state index is 5.68. The van der Waals surface area contributed by atoms with Crippen molar-refractivity contribution in [2.75, 3.05) is 18.1 Å².